The Labute approximate surface area is 206 Å². The van der Waals surface area contributed by atoms with Crippen LogP contribution < -0.4 is 10.2 Å². The first-order chi connectivity index (χ1) is 16.6. The van der Waals surface area contributed by atoms with Crippen LogP contribution in [-0.4, -0.2) is 17.2 Å². The van der Waals surface area contributed by atoms with E-state index in [1.54, 1.807) is 48.5 Å². The van der Waals surface area contributed by atoms with Gasteiger partial charge in [0.25, 0.3) is 5.91 Å². The number of nitrogens with zero attached hydrogens (tertiary/aromatic N) is 1. The van der Waals surface area contributed by atoms with Gasteiger partial charge in [-0.25, -0.2) is 5.43 Å². The molecule has 0 unspecified atom stereocenters. The molecule has 4 aromatic carbocycles. The van der Waals surface area contributed by atoms with Crippen LogP contribution in [0, 0.1) is 0 Å². The Bertz CT molecular complexity index is 1220. The first-order valence-corrected chi connectivity index (χ1v) is 11.5. The van der Waals surface area contributed by atoms with E-state index in [0.29, 0.717) is 29.0 Å². The molecule has 170 valence electrons. The lowest BCUT2D eigenvalue weighted by atomic mass is 9.85. The number of amides is 1. The third kappa shape index (κ3) is 5.42. The highest BCUT2D eigenvalue weighted by Crippen LogP contribution is 2.30. The number of nitrogens with one attached hydrogen (secondary N) is 1. The number of hydrazone groups is 1. The van der Waals surface area contributed by atoms with E-state index in [0.717, 1.165) is 10.0 Å². The van der Waals surface area contributed by atoms with Gasteiger partial charge >= 0.3 is 0 Å². The number of rotatable bonds is 8. The Balaban J connectivity index is 1.55. The van der Waals surface area contributed by atoms with Crippen LogP contribution in [0.25, 0.3) is 0 Å². The molecule has 1 amide bonds. The van der Waals surface area contributed by atoms with Gasteiger partial charge in [0.15, 0.2) is 5.60 Å². The SMILES string of the molecule is O=C(NN=Cc1cc(Br)ccc1OCc1ccccc1)C(O)(c1ccccc1)c1ccccc1. The standard InChI is InChI=1S/C28H23BrN2O3/c29-25-16-17-26(34-20-21-10-4-1-5-11-21)22(18-25)19-30-31-27(32)28(33,23-12-6-2-7-13-23)24-14-8-3-9-15-24/h1-19,33H,20H2,(H,31,32). The van der Waals surface area contributed by atoms with Gasteiger partial charge in [-0.2, -0.15) is 5.10 Å². The topological polar surface area (TPSA) is 70.9 Å². The molecule has 0 radical (unpaired) electrons. The molecule has 0 spiro atoms. The minimum Gasteiger partial charge on any atom is -0.488 e. The summed E-state index contributed by atoms with van der Waals surface area (Å²) < 4.78 is 6.81. The molecule has 0 aliphatic carbocycles. The van der Waals surface area contributed by atoms with Gasteiger partial charge in [-0.15, -0.1) is 0 Å². The summed E-state index contributed by atoms with van der Waals surface area (Å²) in [5.41, 5.74) is 3.21. The average Bonchev–Trinajstić information content (AvgIpc) is 2.89. The number of aliphatic hydroxyl groups is 1. The maximum atomic E-state index is 13.2. The van der Waals surface area contributed by atoms with E-state index in [1.807, 2.05) is 60.7 Å². The lowest BCUT2D eigenvalue weighted by molar-refractivity contribution is -0.136. The van der Waals surface area contributed by atoms with Crippen molar-refractivity contribution in [1.29, 1.82) is 0 Å². The van der Waals surface area contributed by atoms with Gasteiger partial charge in [0.05, 0.1) is 6.21 Å². The molecule has 2 N–H and O–H groups in total. The molecule has 0 aromatic heterocycles. The predicted molar refractivity (Wildman–Crippen MR) is 137 cm³/mol. The lowest BCUT2D eigenvalue weighted by Gasteiger charge is -2.27. The molecule has 4 aromatic rings. The Hall–Kier alpha value is -3.74. The number of carbonyl (C=O) groups excluding carboxylic acids is 1. The van der Waals surface area contributed by atoms with Gasteiger partial charge < -0.3 is 9.84 Å². The fraction of sp³-hybridized carbons (Fsp3) is 0.0714. The van der Waals surface area contributed by atoms with Crippen LogP contribution in [0.2, 0.25) is 0 Å². The van der Waals surface area contributed by atoms with Gasteiger partial charge in [0.2, 0.25) is 0 Å². The van der Waals surface area contributed by atoms with E-state index in [2.05, 4.69) is 26.5 Å². The van der Waals surface area contributed by atoms with Crippen LogP contribution in [-0.2, 0) is 17.0 Å². The van der Waals surface area contributed by atoms with Crippen LogP contribution in [0.4, 0.5) is 0 Å². The molecule has 0 fully saturated rings. The van der Waals surface area contributed by atoms with Gasteiger partial charge in [-0.3, -0.25) is 4.79 Å². The molecule has 0 saturated carbocycles. The predicted octanol–water partition coefficient (Wildman–Crippen LogP) is 5.41. The van der Waals surface area contributed by atoms with Crippen LogP contribution in [0.15, 0.2) is 119 Å². The van der Waals surface area contributed by atoms with E-state index < -0.39 is 11.5 Å². The normalized spacial score (nSPS) is 11.4. The van der Waals surface area contributed by atoms with E-state index in [9.17, 15) is 9.90 Å². The van der Waals surface area contributed by atoms with Crippen molar-refractivity contribution in [3.63, 3.8) is 0 Å². The third-order valence-corrected chi connectivity index (χ3v) is 5.78. The Morgan fingerprint density at radius 3 is 2.03 bits per heavy atom. The average molecular weight is 515 g/mol. The van der Waals surface area contributed by atoms with Crippen molar-refractivity contribution >= 4 is 28.1 Å². The van der Waals surface area contributed by atoms with Crippen molar-refractivity contribution in [2.75, 3.05) is 0 Å². The van der Waals surface area contributed by atoms with E-state index in [-0.39, 0.29) is 0 Å². The first kappa shape index (κ1) is 23.4. The molecular formula is C28H23BrN2O3. The summed E-state index contributed by atoms with van der Waals surface area (Å²) in [5.74, 6) is -0.0469. The molecule has 5 nitrogen and oxygen atoms in total. The number of benzene rings is 4. The summed E-state index contributed by atoms with van der Waals surface area (Å²) in [6.45, 7) is 0.400. The zero-order valence-corrected chi connectivity index (χ0v) is 19.9. The van der Waals surface area contributed by atoms with Crippen molar-refractivity contribution in [3.8, 4) is 5.75 Å². The van der Waals surface area contributed by atoms with Crippen molar-refractivity contribution in [2.45, 2.75) is 12.2 Å². The molecule has 34 heavy (non-hydrogen) atoms. The molecule has 0 aliphatic rings. The second-order valence-electron chi connectivity index (χ2n) is 7.60. The maximum absolute atomic E-state index is 13.2. The van der Waals surface area contributed by atoms with E-state index in [1.165, 1.54) is 6.21 Å². The quantitative estimate of drug-likeness (QED) is 0.244. The largest absolute Gasteiger partial charge is 0.488 e. The zero-order valence-electron chi connectivity index (χ0n) is 18.3. The Morgan fingerprint density at radius 1 is 0.882 bits per heavy atom. The third-order valence-electron chi connectivity index (χ3n) is 5.29. The monoisotopic (exact) mass is 514 g/mol. The van der Waals surface area contributed by atoms with Gasteiger partial charge in [-0.1, -0.05) is 107 Å². The first-order valence-electron chi connectivity index (χ1n) is 10.7. The smallest absolute Gasteiger partial charge is 0.281 e. The summed E-state index contributed by atoms with van der Waals surface area (Å²) in [7, 11) is 0. The Morgan fingerprint density at radius 2 is 1.44 bits per heavy atom. The van der Waals surface area contributed by atoms with E-state index >= 15 is 0 Å². The number of carbonyl (C=O) groups is 1. The minimum absolute atomic E-state index is 0.400. The van der Waals surface area contributed by atoms with Crippen LogP contribution in [0.3, 0.4) is 0 Å². The van der Waals surface area contributed by atoms with Crippen LogP contribution in [0.1, 0.15) is 22.3 Å². The van der Waals surface area contributed by atoms with Crippen molar-refractivity contribution in [1.82, 2.24) is 5.43 Å². The molecule has 0 bridgehead atoms. The number of hydrogen-bond donors (Lipinski definition) is 2. The highest BCUT2D eigenvalue weighted by Gasteiger charge is 2.39. The molecule has 0 heterocycles. The molecule has 4 rings (SSSR count). The fourth-order valence-corrected chi connectivity index (χ4v) is 3.89. The van der Waals surface area contributed by atoms with Gasteiger partial charge in [-0.05, 0) is 34.9 Å². The van der Waals surface area contributed by atoms with Crippen molar-refractivity contribution in [3.05, 3.63) is 136 Å². The Kier molecular flexibility index (Phi) is 7.52. The van der Waals surface area contributed by atoms with Crippen molar-refractivity contribution < 1.29 is 14.6 Å². The zero-order chi connectivity index (χ0) is 23.8. The summed E-state index contributed by atoms with van der Waals surface area (Å²) in [6.07, 6.45) is 1.50. The number of hydrogen-bond acceptors (Lipinski definition) is 4. The highest BCUT2D eigenvalue weighted by atomic mass is 79.9. The molecule has 0 aliphatic heterocycles. The van der Waals surface area contributed by atoms with E-state index in [4.69, 9.17) is 4.74 Å². The second-order valence-corrected chi connectivity index (χ2v) is 8.51. The molecular weight excluding hydrogens is 492 g/mol. The van der Waals surface area contributed by atoms with Crippen LogP contribution >= 0.6 is 15.9 Å². The maximum Gasteiger partial charge on any atom is 0.281 e. The summed E-state index contributed by atoms with van der Waals surface area (Å²) >= 11 is 3.46. The molecule has 0 atom stereocenters. The van der Waals surface area contributed by atoms with Crippen LogP contribution in [0.5, 0.6) is 5.75 Å². The molecule has 0 saturated heterocycles. The molecule has 6 heteroatoms. The fourth-order valence-electron chi connectivity index (χ4n) is 3.52. The second kappa shape index (κ2) is 10.9. The lowest BCUT2D eigenvalue weighted by Crippen LogP contribution is -2.43. The highest BCUT2D eigenvalue weighted by molar-refractivity contribution is 9.10. The summed E-state index contributed by atoms with van der Waals surface area (Å²) in [4.78, 5) is 13.2. The summed E-state index contributed by atoms with van der Waals surface area (Å²) in [5, 5.41) is 15.6. The number of ether oxygens (including phenoxy) is 1. The van der Waals surface area contributed by atoms with Gasteiger partial charge in [0, 0.05) is 10.0 Å². The van der Waals surface area contributed by atoms with Crippen molar-refractivity contribution in [2.24, 2.45) is 5.10 Å². The minimum atomic E-state index is -1.90. The van der Waals surface area contributed by atoms with Gasteiger partial charge in [0.1, 0.15) is 12.4 Å². The summed E-state index contributed by atoms with van der Waals surface area (Å²) in [6, 6.07) is 33.0. The number of halogens is 1.